The van der Waals surface area contributed by atoms with Gasteiger partial charge in [0.15, 0.2) is 5.43 Å². The third-order valence-corrected chi connectivity index (χ3v) is 6.59. The zero-order valence-electron chi connectivity index (χ0n) is 22.1. The number of phenolic OH excluding ortho intramolecular Hbond substituents is 1. The molecule has 0 saturated carbocycles. The molecular formula is C29H30O11. The lowest BCUT2D eigenvalue weighted by atomic mass is 9.89. The molecule has 2 aromatic carbocycles. The number of carbonyl (C=O) groups excluding carboxylic acids is 2. The summed E-state index contributed by atoms with van der Waals surface area (Å²) in [7, 11) is 1.36. The summed E-state index contributed by atoms with van der Waals surface area (Å²) in [6.45, 7) is 2.53. The van der Waals surface area contributed by atoms with Crippen molar-refractivity contribution in [2.45, 2.75) is 50.8 Å². The van der Waals surface area contributed by atoms with Gasteiger partial charge < -0.3 is 39.1 Å². The zero-order chi connectivity index (χ0) is 29.1. The van der Waals surface area contributed by atoms with Crippen molar-refractivity contribution in [3.05, 3.63) is 75.1 Å². The molecule has 1 aliphatic heterocycles. The van der Waals surface area contributed by atoms with Crippen molar-refractivity contribution in [3.63, 3.8) is 0 Å². The Morgan fingerprint density at radius 3 is 2.40 bits per heavy atom. The number of ketones is 1. The highest BCUT2D eigenvalue weighted by atomic mass is 16.6. The number of esters is 1. The number of ether oxygens (including phenoxy) is 3. The highest BCUT2D eigenvalue weighted by Gasteiger charge is 2.46. The van der Waals surface area contributed by atoms with E-state index in [2.05, 4.69) is 0 Å². The molecule has 3 aromatic rings. The number of aryl methyl sites for hydroxylation is 1. The van der Waals surface area contributed by atoms with Gasteiger partial charge in [-0.15, -0.1) is 0 Å². The Morgan fingerprint density at radius 2 is 1.75 bits per heavy atom. The standard InChI is InChI=1S/C29H30O11/c1-14-10-20(37-3)24(28-23(14)19(32)12-18(39-28)11-15(2)30)29-27(36)26(35)25(34)21(40-29)13-38-22(33)9-6-16-4-7-17(31)8-5-16/h4-10,12,21,25-27,29,31,34-36H,11,13H2,1-3H3/b9-6+/t21-,25-,26+,27-,29+/m1/s1. The van der Waals surface area contributed by atoms with Gasteiger partial charge in [-0.1, -0.05) is 12.1 Å². The number of aliphatic hydroxyl groups excluding tert-OH is 3. The van der Waals surface area contributed by atoms with E-state index in [-0.39, 0.29) is 46.0 Å². The lowest BCUT2D eigenvalue weighted by Crippen LogP contribution is -2.55. The first-order valence-electron chi connectivity index (χ1n) is 12.5. The van der Waals surface area contributed by atoms with Crippen LogP contribution in [0.2, 0.25) is 0 Å². The van der Waals surface area contributed by atoms with Crippen molar-refractivity contribution >= 4 is 28.8 Å². The molecule has 0 aliphatic carbocycles. The molecule has 2 heterocycles. The molecule has 1 fully saturated rings. The first-order chi connectivity index (χ1) is 19.0. The second kappa shape index (κ2) is 12.0. The summed E-state index contributed by atoms with van der Waals surface area (Å²) in [5.74, 6) is -0.661. The van der Waals surface area contributed by atoms with Crippen LogP contribution in [0.1, 0.15) is 35.5 Å². The number of Topliss-reactive ketones (excluding diaryl/α,β-unsaturated/α-hetero) is 1. The largest absolute Gasteiger partial charge is 0.508 e. The van der Waals surface area contributed by atoms with Crippen molar-refractivity contribution in [1.82, 2.24) is 0 Å². The normalized spacial score (nSPS) is 22.9. The van der Waals surface area contributed by atoms with E-state index in [1.165, 1.54) is 38.3 Å². The molecule has 40 heavy (non-hydrogen) atoms. The summed E-state index contributed by atoms with van der Waals surface area (Å²) in [6.07, 6.45) is -5.21. The monoisotopic (exact) mass is 554 g/mol. The number of aromatic hydroxyl groups is 1. The Hall–Kier alpha value is -4.03. The first-order valence-corrected chi connectivity index (χ1v) is 12.5. The van der Waals surface area contributed by atoms with Crippen LogP contribution in [0.15, 0.2) is 51.7 Å². The number of fused-ring (bicyclic) bond motifs is 1. The summed E-state index contributed by atoms with van der Waals surface area (Å²) in [5, 5.41) is 41.7. The van der Waals surface area contributed by atoms with Crippen molar-refractivity contribution in [1.29, 1.82) is 0 Å². The fourth-order valence-electron chi connectivity index (χ4n) is 4.62. The number of rotatable bonds is 8. The van der Waals surface area contributed by atoms with Crippen LogP contribution in [-0.2, 0) is 25.5 Å². The van der Waals surface area contributed by atoms with Gasteiger partial charge in [0, 0.05) is 12.1 Å². The number of carbonyl (C=O) groups is 2. The summed E-state index contributed by atoms with van der Waals surface area (Å²) < 4.78 is 22.6. The van der Waals surface area contributed by atoms with E-state index in [9.17, 15) is 34.8 Å². The van der Waals surface area contributed by atoms with Gasteiger partial charge in [-0.05, 0) is 49.2 Å². The fourth-order valence-corrected chi connectivity index (χ4v) is 4.62. The smallest absolute Gasteiger partial charge is 0.330 e. The molecule has 0 radical (unpaired) electrons. The third kappa shape index (κ3) is 6.07. The van der Waals surface area contributed by atoms with Crippen LogP contribution >= 0.6 is 0 Å². The minimum Gasteiger partial charge on any atom is -0.508 e. The van der Waals surface area contributed by atoms with E-state index < -0.39 is 48.5 Å². The van der Waals surface area contributed by atoms with Crippen LogP contribution in [0.3, 0.4) is 0 Å². The maximum atomic E-state index is 13.0. The van der Waals surface area contributed by atoms with E-state index >= 15 is 0 Å². The van der Waals surface area contributed by atoms with Crippen LogP contribution in [-0.4, -0.2) is 70.3 Å². The van der Waals surface area contributed by atoms with Crippen LogP contribution in [0.4, 0.5) is 0 Å². The van der Waals surface area contributed by atoms with Crippen molar-refractivity contribution < 1.29 is 48.6 Å². The van der Waals surface area contributed by atoms with E-state index in [0.717, 1.165) is 6.08 Å². The van der Waals surface area contributed by atoms with Crippen LogP contribution in [0.5, 0.6) is 11.5 Å². The molecule has 0 amide bonds. The quantitative estimate of drug-likeness (QED) is 0.236. The molecule has 11 heteroatoms. The molecule has 1 aromatic heterocycles. The van der Waals surface area contributed by atoms with Crippen LogP contribution in [0, 0.1) is 6.92 Å². The van der Waals surface area contributed by atoms with Gasteiger partial charge in [0.25, 0.3) is 0 Å². The minimum atomic E-state index is -1.72. The van der Waals surface area contributed by atoms with Gasteiger partial charge in [-0.3, -0.25) is 9.59 Å². The molecule has 11 nitrogen and oxygen atoms in total. The van der Waals surface area contributed by atoms with Gasteiger partial charge in [-0.25, -0.2) is 4.79 Å². The van der Waals surface area contributed by atoms with Crippen molar-refractivity contribution in [3.8, 4) is 11.5 Å². The molecule has 1 aliphatic rings. The Balaban J connectivity index is 1.65. The average molecular weight is 555 g/mol. The second-order valence-corrected chi connectivity index (χ2v) is 9.59. The highest BCUT2D eigenvalue weighted by molar-refractivity contribution is 5.87. The SMILES string of the molecule is COc1cc(C)c2c(=O)cc(CC(C)=O)oc2c1[C@@H]1O[C@H](COC(=O)/C=C/c2ccc(O)cc2)[C@@H](O)[C@H](O)[C@H]1O. The Labute approximate surface area is 228 Å². The topological polar surface area (TPSA) is 173 Å². The van der Waals surface area contributed by atoms with Crippen LogP contribution in [0.25, 0.3) is 17.0 Å². The minimum absolute atomic E-state index is 0.000755. The first kappa shape index (κ1) is 29.0. The molecule has 4 rings (SSSR count). The summed E-state index contributed by atoms with van der Waals surface area (Å²) >= 11 is 0. The highest BCUT2D eigenvalue weighted by Crippen LogP contribution is 2.42. The summed E-state index contributed by atoms with van der Waals surface area (Å²) in [6, 6.07) is 8.87. The van der Waals surface area contributed by atoms with Crippen LogP contribution < -0.4 is 10.2 Å². The Kier molecular flexibility index (Phi) is 8.70. The maximum absolute atomic E-state index is 13.0. The number of benzene rings is 2. The summed E-state index contributed by atoms with van der Waals surface area (Å²) in [5.41, 5.74) is 0.811. The molecule has 0 bridgehead atoms. The van der Waals surface area contributed by atoms with E-state index in [4.69, 9.17) is 18.6 Å². The predicted octanol–water partition coefficient (Wildman–Crippen LogP) is 1.73. The maximum Gasteiger partial charge on any atom is 0.330 e. The number of hydrogen-bond acceptors (Lipinski definition) is 11. The lowest BCUT2D eigenvalue weighted by molar-refractivity contribution is -0.234. The number of aliphatic hydroxyl groups is 3. The molecule has 212 valence electrons. The zero-order valence-corrected chi connectivity index (χ0v) is 22.1. The van der Waals surface area contributed by atoms with Gasteiger partial charge in [0.05, 0.1) is 24.5 Å². The van der Waals surface area contributed by atoms with E-state index in [0.29, 0.717) is 11.1 Å². The average Bonchev–Trinajstić information content (AvgIpc) is 2.90. The number of methoxy groups -OCH3 is 1. The Morgan fingerprint density at radius 1 is 1.05 bits per heavy atom. The molecule has 5 atom stereocenters. The number of phenols is 1. The van der Waals surface area contributed by atoms with Crippen molar-refractivity contribution in [2.24, 2.45) is 0 Å². The number of hydrogen-bond donors (Lipinski definition) is 4. The van der Waals surface area contributed by atoms with Crippen molar-refractivity contribution in [2.75, 3.05) is 13.7 Å². The molecule has 4 N–H and O–H groups in total. The lowest BCUT2D eigenvalue weighted by Gasteiger charge is -2.40. The molecule has 1 saturated heterocycles. The van der Waals surface area contributed by atoms with E-state index in [1.807, 2.05) is 0 Å². The summed E-state index contributed by atoms with van der Waals surface area (Å²) in [4.78, 5) is 37.0. The third-order valence-electron chi connectivity index (χ3n) is 6.59. The molecular weight excluding hydrogens is 524 g/mol. The molecule has 0 spiro atoms. The van der Waals surface area contributed by atoms with Gasteiger partial charge in [0.2, 0.25) is 0 Å². The van der Waals surface area contributed by atoms with E-state index in [1.54, 1.807) is 25.1 Å². The van der Waals surface area contributed by atoms with Gasteiger partial charge in [0.1, 0.15) is 65.8 Å². The fraction of sp³-hybridized carbons (Fsp3) is 0.345. The second-order valence-electron chi connectivity index (χ2n) is 9.59. The molecule has 0 unspecified atom stereocenters. The predicted molar refractivity (Wildman–Crippen MR) is 142 cm³/mol. The van der Waals surface area contributed by atoms with Gasteiger partial charge in [-0.2, -0.15) is 0 Å². The van der Waals surface area contributed by atoms with Gasteiger partial charge >= 0.3 is 5.97 Å². The Bertz CT molecular complexity index is 1490.